The molecule has 98 valence electrons. The monoisotopic (exact) mass is 255 g/mol. The zero-order valence-electron chi connectivity index (χ0n) is 10.1. The van der Waals surface area contributed by atoms with Gasteiger partial charge in [0.25, 0.3) is 5.91 Å². The third kappa shape index (κ3) is 2.36. The van der Waals surface area contributed by atoms with Crippen LogP contribution in [0.5, 0.6) is 0 Å². The highest BCUT2D eigenvalue weighted by molar-refractivity contribution is 5.95. The summed E-state index contributed by atoms with van der Waals surface area (Å²) in [6, 6.07) is 2.39. The van der Waals surface area contributed by atoms with Gasteiger partial charge in [0.05, 0.1) is 6.10 Å². The van der Waals surface area contributed by atoms with Gasteiger partial charge in [-0.05, 0) is 31.4 Å². The number of aryl methyl sites for hydroxylation is 1. The standard InChI is InChI=1S/C13H15F2NO2/c1-8-4-5-10(14)11(12(8)15)13(18)16-6-2-3-9(17)7-16/h4-5,9,17H,2-3,6-7H2,1H3/t9-/m0/s1. The number of aliphatic hydroxyl groups is 1. The molecule has 0 aromatic heterocycles. The molecule has 1 fully saturated rings. The second kappa shape index (κ2) is 5.02. The summed E-state index contributed by atoms with van der Waals surface area (Å²) in [5.74, 6) is -2.37. The van der Waals surface area contributed by atoms with E-state index in [-0.39, 0.29) is 12.1 Å². The van der Waals surface area contributed by atoms with E-state index in [4.69, 9.17) is 0 Å². The minimum Gasteiger partial charge on any atom is -0.391 e. The maximum atomic E-state index is 13.8. The van der Waals surface area contributed by atoms with Crippen LogP contribution in [-0.2, 0) is 0 Å². The van der Waals surface area contributed by atoms with E-state index in [1.807, 2.05) is 0 Å². The van der Waals surface area contributed by atoms with Crippen LogP contribution in [0.25, 0.3) is 0 Å². The van der Waals surface area contributed by atoms with Gasteiger partial charge in [-0.15, -0.1) is 0 Å². The van der Waals surface area contributed by atoms with E-state index in [9.17, 15) is 18.7 Å². The molecule has 1 saturated heterocycles. The van der Waals surface area contributed by atoms with E-state index in [0.29, 0.717) is 19.4 Å². The van der Waals surface area contributed by atoms with Gasteiger partial charge in [0.2, 0.25) is 0 Å². The molecule has 1 aromatic rings. The molecule has 0 radical (unpaired) electrons. The van der Waals surface area contributed by atoms with Crippen molar-refractivity contribution in [2.75, 3.05) is 13.1 Å². The van der Waals surface area contributed by atoms with Crippen LogP contribution in [0.3, 0.4) is 0 Å². The number of amides is 1. The molecule has 1 aliphatic rings. The van der Waals surface area contributed by atoms with Gasteiger partial charge in [-0.3, -0.25) is 4.79 Å². The van der Waals surface area contributed by atoms with Crippen LogP contribution >= 0.6 is 0 Å². The van der Waals surface area contributed by atoms with Gasteiger partial charge < -0.3 is 10.0 Å². The highest BCUT2D eigenvalue weighted by Crippen LogP contribution is 2.20. The van der Waals surface area contributed by atoms with Crippen molar-refractivity contribution in [2.24, 2.45) is 0 Å². The summed E-state index contributed by atoms with van der Waals surface area (Å²) in [5, 5.41) is 9.49. The van der Waals surface area contributed by atoms with Gasteiger partial charge in [-0.2, -0.15) is 0 Å². The van der Waals surface area contributed by atoms with Gasteiger partial charge in [-0.1, -0.05) is 6.07 Å². The van der Waals surface area contributed by atoms with E-state index in [1.165, 1.54) is 17.9 Å². The first-order valence-corrected chi connectivity index (χ1v) is 5.92. The smallest absolute Gasteiger partial charge is 0.259 e. The molecule has 18 heavy (non-hydrogen) atoms. The lowest BCUT2D eigenvalue weighted by Crippen LogP contribution is -2.42. The van der Waals surface area contributed by atoms with Gasteiger partial charge in [0.15, 0.2) is 0 Å². The molecule has 2 rings (SSSR count). The van der Waals surface area contributed by atoms with Crippen LogP contribution < -0.4 is 0 Å². The molecule has 1 N–H and O–H groups in total. The molecule has 1 heterocycles. The van der Waals surface area contributed by atoms with E-state index in [1.54, 1.807) is 0 Å². The maximum absolute atomic E-state index is 13.8. The third-order valence-corrected chi connectivity index (χ3v) is 3.18. The lowest BCUT2D eigenvalue weighted by Gasteiger charge is -2.30. The molecule has 0 unspecified atom stereocenters. The van der Waals surface area contributed by atoms with Crippen LogP contribution in [0.2, 0.25) is 0 Å². The normalized spacial score (nSPS) is 20.0. The molecule has 3 nitrogen and oxygen atoms in total. The Labute approximate surface area is 104 Å². The van der Waals surface area contributed by atoms with Crippen molar-refractivity contribution in [3.8, 4) is 0 Å². The van der Waals surface area contributed by atoms with E-state index in [0.717, 1.165) is 6.07 Å². The average Bonchev–Trinajstić information content (AvgIpc) is 2.34. The van der Waals surface area contributed by atoms with Crippen molar-refractivity contribution in [2.45, 2.75) is 25.9 Å². The van der Waals surface area contributed by atoms with Crippen LogP contribution in [0.1, 0.15) is 28.8 Å². The summed E-state index contributed by atoms with van der Waals surface area (Å²) in [6.45, 7) is 2.03. The molecule has 5 heteroatoms. The summed E-state index contributed by atoms with van der Waals surface area (Å²) in [5.41, 5.74) is -0.290. The fourth-order valence-corrected chi connectivity index (χ4v) is 2.15. The fraction of sp³-hybridized carbons (Fsp3) is 0.462. The quantitative estimate of drug-likeness (QED) is 0.832. The number of hydrogen-bond acceptors (Lipinski definition) is 2. The van der Waals surface area contributed by atoms with Gasteiger partial charge in [0.1, 0.15) is 17.2 Å². The Morgan fingerprint density at radius 2 is 2.17 bits per heavy atom. The summed E-state index contributed by atoms with van der Waals surface area (Å²) >= 11 is 0. The number of likely N-dealkylation sites (tertiary alicyclic amines) is 1. The molecule has 1 aromatic carbocycles. The molecular weight excluding hydrogens is 240 g/mol. The van der Waals surface area contributed by atoms with Crippen molar-refractivity contribution in [1.82, 2.24) is 4.90 Å². The van der Waals surface area contributed by atoms with Crippen LogP contribution in [-0.4, -0.2) is 35.1 Å². The first kappa shape index (κ1) is 13.0. The second-order valence-electron chi connectivity index (χ2n) is 4.60. The Hall–Kier alpha value is -1.49. The maximum Gasteiger partial charge on any atom is 0.259 e. The Bertz CT molecular complexity index is 476. The van der Waals surface area contributed by atoms with Gasteiger partial charge in [0, 0.05) is 13.1 Å². The summed E-state index contributed by atoms with van der Waals surface area (Å²) < 4.78 is 27.4. The first-order chi connectivity index (χ1) is 8.50. The topological polar surface area (TPSA) is 40.5 Å². The number of halogens is 2. The van der Waals surface area contributed by atoms with Crippen LogP contribution in [0, 0.1) is 18.6 Å². The number of benzene rings is 1. The zero-order chi connectivity index (χ0) is 13.3. The Kier molecular flexibility index (Phi) is 3.61. The number of rotatable bonds is 1. The Morgan fingerprint density at radius 1 is 1.44 bits per heavy atom. The highest BCUT2D eigenvalue weighted by Gasteiger charge is 2.27. The Morgan fingerprint density at radius 3 is 2.83 bits per heavy atom. The largest absolute Gasteiger partial charge is 0.391 e. The van der Waals surface area contributed by atoms with Crippen LogP contribution in [0.4, 0.5) is 8.78 Å². The van der Waals surface area contributed by atoms with E-state index < -0.39 is 29.2 Å². The first-order valence-electron chi connectivity index (χ1n) is 5.92. The predicted molar refractivity (Wildman–Crippen MR) is 62.2 cm³/mol. The molecular formula is C13H15F2NO2. The number of carbonyl (C=O) groups is 1. The summed E-state index contributed by atoms with van der Waals surface area (Å²) in [7, 11) is 0. The lowest BCUT2D eigenvalue weighted by molar-refractivity contribution is 0.0465. The summed E-state index contributed by atoms with van der Waals surface area (Å²) in [6.07, 6.45) is 0.642. The van der Waals surface area contributed by atoms with Gasteiger partial charge in [-0.25, -0.2) is 8.78 Å². The van der Waals surface area contributed by atoms with Crippen molar-refractivity contribution in [1.29, 1.82) is 0 Å². The Balaban J connectivity index is 2.31. The second-order valence-corrected chi connectivity index (χ2v) is 4.60. The number of piperidine rings is 1. The molecule has 1 aliphatic heterocycles. The number of hydrogen-bond donors (Lipinski definition) is 1. The van der Waals surface area contributed by atoms with E-state index in [2.05, 4.69) is 0 Å². The zero-order valence-corrected chi connectivity index (χ0v) is 10.1. The van der Waals surface area contributed by atoms with Gasteiger partial charge >= 0.3 is 0 Å². The molecule has 1 atom stereocenters. The highest BCUT2D eigenvalue weighted by atomic mass is 19.1. The SMILES string of the molecule is Cc1ccc(F)c(C(=O)N2CCC[C@H](O)C2)c1F. The van der Waals surface area contributed by atoms with Crippen LogP contribution in [0.15, 0.2) is 12.1 Å². The fourth-order valence-electron chi connectivity index (χ4n) is 2.15. The number of β-amino-alcohol motifs (C(OH)–C–C–N with tert-alkyl or cyclic N) is 1. The van der Waals surface area contributed by atoms with Crippen molar-refractivity contribution < 1.29 is 18.7 Å². The number of carbonyl (C=O) groups excluding carboxylic acids is 1. The molecule has 1 amide bonds. The average molecular weight is 255 g/mol. The minimum absolute atomic E-state index is 0.131. The predicted octanol–water partition coefficient (Wildman–Crippen LogP) is 1.87. The molecule has 0 spiro atoms. The molecule has 0 bridgehead atoms. The number of nitrogens with zero attached hydrogens (tertiary/aromatic N) is 1. The van der Waals surface area contributed by atoms with E-state index >= 15 is 0 Å². The molecule has 0 aliphatic carbocycles. The minimum atomic E-state index is -0.858. The molecule has 0 saturated carbocycles. The number of aliphatic hydroxyl groups excluding tert-OH is 1. The lowest BCUT2D eigenvalue weighted by atomic mass is 10.0. The summed E-state index contributed by atoms with van der Waals surface area (Å²) in [4.78, 5) is 13.4. The van der Waals surface area contributed by atoms with Crippen molar-refractivity contribution >= 4 is 5.91 Å². The third-order valence-electron chi connectivity index (χ3n) is 3.18. The van der Waals surface area contributed by atoms with Crippen molar-refractivity contribution in [3.05, 3.63) is 34.9 Å². The van der Waals surface area contributed by atoms with Crippen molar-refractivity contribution in [3.63, 3.8) is 0 Å².